The first-order valence-corrected chi connectivity index (χ1v) is 5.28. The van der Waals surface area contributed by atoms with Gasteiger partial charge in [0.25, 0.3) is 0 Å². The Labute approximate surface area is 77.2 Å². The molecule has 0 aromatic rings. The second kappa shape index (κ2) is 9.05. The Balaban J connectivity index is 2.90. The van der Waals surface area contributed by atoms with Crippen LogP contribution >= 0.6 is 0 Å². The monoisotopic (exact) mass is 171 g/mol. The van der Waals surface area contributed by atoms with E-state index in [4.69, 9.17) is 0 Å². The fraction of sp³-hybridized carbons (Fsp3) is 0.909. The molecule has 0 rings (SSSR count). The molecule has 0 aliphatic rings. The molecular weight excluding hydrogens is 148 g/mol. The number of aliphatic hydroxyl groups is 1. The first-order valence-electron chi connectivity index (χ1n) is 5.28. The molecule has 0 fully saturated rings. The van der Waals surface area contributed by atoms with Crippen LogP contribution in [0.25, 0.3) is 0 Å². The van der Waals surface area contributed by atoms with E-state index < -0.39 is 0 Å². The highest BCUT2D eigenvalue weighted by molar-refractivity contribution is 4.53. The minimum atomic E-state index is -0.0576. The van der Waals surface area contributed by atoms with Gasteiger partial charge in [0.15, 0.2) is 0 Å². The molecule has 0 aliphatic carbocycles. The van der Waals surface area contributed by atoms with E-state index in [9.17, 15) is 5.11 Å². The second-order valence-corrected chi connectivity index (χ2v) is 3.47. The zero-order chi connectivity index (χ0) is 9.23. The third kappa shape index (κ3) is 8.06. The van der Waals surface area contributed by atoms with Gasteiger partial charge in [0.05, 0.1) is 6.10 Å². The van der Waals surface area contributed by atoms with Crippen molar-refractivity contribution in [3.8, 4) is 0 Å². The van der Waals surface area contributed by atoms with Crippen LogP contribution in [0.4, 0.5) is 0 Å². The summed E-state index contributed by atoms with van der Waals surface area (Å²) in [4.78, 5) is 0. The lowest BCUT2D eigenvalue weighted by atomic mass is 10.1. The summed E-state index contributed by atoms with van der Waals surface area (Å²) in [5.41, 5.74) is 0. The second-order valence-electron chi connectivity index (χ2n) is 3.47. The Kier molecular flexibility index (Phi) is 9.02. The maximum atomic E-state index is 9.25. The number of hydrogen-bond acceptors (Lipinski definition) is 1. The first kappa shape index (κ1) is 12.0. The summed E-state index contributed by atoms with van der Waals surface area (Å²) in [6, 6.07) is 0. The van der Waals surface area contributed by atoms with Gasteiger partial charge in [-0.1, -0.05) is 52.4 Å². The van der Waals surface area contributed by atoms with Crippen LogP contribution in [0.1, 0.15) is 58.3 Å². The summed E-state index contributed by atoms with van der Waals surface area (Å²) >= 11 is 0. The first-order chi connectivity index (χ1) is 5.81. The molecule has 1 nitrogen and oxygen atoms in total. The largest absolute Gasteiger partial charge is 0.393 e. The zero-order valence-corrected chi connectivity index (χ0v) is 8.39. The SMILES string of the molecule is [CH2]CCCCCCCC(O)CC. The zero-order valence-electron chi connectivity index (χ0n) is 8.39. The molecule has 0 aromatic heterocycles. The third-order valence-corrected chi connectivity index (χ3v) is 2.26. The lowest BCUT2D eigenvalue weighted by Gasteiger charge is -2.06. The Hall–Kier alpha value is -0.0400. The minimum Gasteiger partial charge on any atom is -0.393 e. The van der Waals surface area contributed by atoms with E-state index in [1.165, 1.54) is 32.1 Å². The molecule has 1 N–H and O–H groups in total. The Morgan fingerprint density at radius 1 is 1.08 bits per heavy atom. The van der Waals surface area contributed by atoms with Gasteiger partial charge in [-0.15, -0.1) is 0 Å². The predicted octanol–water partition coefficient (Wildman–Crippen LogP) is 3.32. The van der Waals surface area contributed by atoms with Gasteiger partial charge in [0.1, 0.15) is 0 Å². The summed E-state index contributed by atoms with van der Waals surface area (Å²) in [7, 11) is 0. The van der Waals surface area contributed by atoms with Crippen LogP contribution in [0.2, 0.25) is 0 Å². The molecule has 1 radical (unpaired) electrons. The number of aliphatic hydroxyl groups excluding tert-OH is 1. The predicted molar refractivity (Wildman–Crippen MR) is 54.0 cm³/mol. The summed E-state index contributed by atoms with van der Waals surface area (Å²) in [6.45, 7) is 5.84. The van der Waals surface area contributed by atoms with Crippen molar-refractivity contribution < 1.29 is 5.11 Å². The maximum Gasteiger partial charge on any atom is 0.0537 e. The molecule has 0 amide bonds. The number of rotatable bonds is 8. The molecule has 73 valence electrons. The highest BCUT2D eigenvalue weighted by Gasteiger charge is 1.98. The fourth-order valence-corrected chi connectivity index (χ4v) is 1.29. The van der Waals surface area contributed by atoms with Crippen molar-refractivity contribution >= 4 is 0 Å². The molecular formula is C11H23O. The molecule has 0 heterocycles. The van der Waals surface area contributed by atoms with Gasteiger partial charge in [-0.25, -0.2) is 0 Å². The van der Waals surface area contributed by atoms with Crippen LogP contribution in [0, 0.1) is 6.92 Å². The van der Waals surface area contributed by atoms with Gasteiger partial charge >= 0.3 is 0 Å². The van der Waals surface area contributed by atoms with Crippen molar-refractivity contribution in [3.05, 3.63) is 6.92 Å². The minimum absolute atomic E-state index is 0.0576. The smallest absolute Gasteiger partial charge is 0.0537 e. The Bertz CT molecular complexity index is 81.1. The van der Waals surface area contributed by atoms with Gasteiger partial charge in [-0.2, -0.15) is 0 Å². The van der Waals surface area contributed by atoms with Crippen LogP contribution < -0.4 is 0 Å². The fourth-order valence-electron chi connectivity index (χ4n) is 1.29. The summed E-state index contributed by atoms with van der Waals surface area (Å²) in [5.74, 6) is 0. The lowest BCUT2D eigenvalue weighted by Crippen LogP contribution is -2.03. The molecule has 1 atom stereocenters. The van der Waals surface area contributed by atoms with Crippen LogP contribution in [0.5, 0.6) is 0 Å². The van der Waals surface area contributed by atoms with Crippen LogP contribution in [-0.4, -0.2) is 11.2 Å². The molecule has 1 unspecified atom stereocenters. The van der Waals surface area contributed by atoms with E-state index in [1.807, 2.05) is 6.92 Å². The van der Waals surface area contributed by atoms with Crippen LogP contribution in [-0.2, 0) is 0 Å². The van der Waals surface area contributed by atoms with Crippen molar-refractivity contribution in [1.29, 1.82) is 0 Å². The van der Waals surface area contributed by atoms with E-state index in [-0.39, 0.29) is 6.10 Å². The summed E-state index contributed by atoms with van der Waals surface area (Å²) in [5, 5.41) is 9.25. The van der Waals surface area contributed by atoms with Gasteiger partial charge in [0, 0.05) is 0 Å². The number of hydrogen-bond donors (Lipinski definition) is 1. The maximum absolute atomic E-state index is 9.25. The van der Waals surface area contributed by atoms with E-state index in [1.54, 1.807) is 0 Å². The van der Waals surface area contributed by atoms with E-state index in [0.29, 0.717) is 0 Å². The molecule has 0 saturated carbocycles. The topological polar surface area (TPSA) is 20.2 Å². The molecule has 0 spiro atoms. The average Bonchev–Trinajstić information content (AvgIpc) is 2.10. The van der Waals surface area contributed by atoms with Crippen LogP contribution in [0.15, 0.2) is 0 Å². The molecule has 12 heavy (non-hydrogen) atoms. The quantitative estimate of drug-likeness (QED) is 0.555. The van der Waals surface area contributed by atoms with Crippen molar-refractivity contribution in [1.82, 2.24) is 0 Å². The molecule has 0 aromatic carbocycles. The third-order valence-electron chi connectivity index (χ3n) is 2.26. The summed E-state index contributed by atoms with van der Waals surface area (Å²) in [6.07, 6.45) is 9.24. The van der Waals surface area contributed by atoms with Crippen molar-refractivity contribution in [3.63, 3.8) is 0 Å². The highest BCUT2D eigenvalue weighted by atomic mass is 16.3. The molecule has 0 bridgehead atoms. The Morgan fingerprint density at radius 3 is 2.25 bits per heavy atom. The van der Waals surface area contributed by atoms with Gasteiger partial charge in [-0.05, 0) is 12.8 Å². The summed E-state index contributed by atoms with van der Waals surface area (Å²) < 4.78 is 0. The number of unbranched alkanes of at least 4 members (excludes halogenated alkanes) is 5. The van der Waals surface area contributed by atoms with Gasteiger partial charge < -0.3 is 5.11 Å². The highest BCUT2D eigenvalue weighted by Crippen LogP contribution is 2.09. The van der Waals surface area contributed by atoms with E-state index in [2.05, 4.69) is 6.92 Å². The van der Waals surface area contributed by atoms with Crippen molar-refractivity contribution in [2.24, 2.45) is 0 Å². The van der Waals surface area contributed by atoms with Gasteiger partial charge in [-0.3, -0.25) is 0 Å². The van der Waals surface area contributed by atoms with Crippen molar-refractivity contribution in [2.75, 3.05) is 0 Å². The molecule has 0 aliphatic heterocycles. The standard InChI is InChI=1S/C11H23O/c1-3-5-6-7-8-9-10-11(12)4-2/h11-12H,1,3-10H2,2H3. The normalized spacial score (nSPS) is 13.2. The Morgan fingerprint density at radius 2 is 1.67 bits per heavy atom. The van der Waals surface area contributed by atoms with Gasteiger partial charge in [0.2, 0.25) is 0 Å². The molecule has 1 heteroatoms. The van der Waals surface area contributed by atoms with Crippen LogP contribution in [0.3, 0.4) is 0 Å². The van der Waals surface area contributed by atoms with E-state index in [0.717, 1.165) is 19.3 Å². The van der Waals surface area contributed by atoms with E-state index >= 15 is 0 Å². The van der Waals surface area contributed by atoms with Crippen molar-refractivity contribution in [2.45, 2.75) is 64.4 Å². The average molecular weight is 171 g/mol. The molecule has 0 saturated heterocycles. The lowest BCUT2D eigenvalue weighted by molar-refractivity contribution is 0.156.